The van der Waals surface area contributed by atoms with Crippen LogP contribution in [0.25, 0.3) is 0 Å². The minimum Gasteiger partial charge on any atom is -0.366 e. The van der Waals surface area contributed by atoms with E-state index in [0.29, 0.717) is 24.4 Å². The molecule has 94 valence electrons. The lowest BCUT2D eigenvalue weighted by Crippen LogP contribution is -2.11. The third-order valence-electron chi connectivity index (χ3n) is 5.52. The van der Waals surface area contributed by atoms with Gasteiger partial charge in [-0.05, 0) is 72.9 Å². The summed E-state index contributed by atoms with van der Waals surface area (Å²) in [6.07, 6.45) is 6.39. The zero-order valence-corrected chi connectivity index (χ0v) is 11.0. The number of hydrogen-bond acceptors (Lipinski definition) is 2. The average molecular weight is 242 g/mol. The average Bonchev–Trinajstić information content (AvgIpc) is 3.10. The normalized spacial score (nSPS) is 38.3. The first kappa shape index (κ1) is 9.99. The Labute approximate surface area is 107 Å². The van der Waals surface area contributed by atoms with E-state index in [-0.39, 0.29) is 0 Å². The van der Waals surface area contributed by atoms with E-state index in [1.54, 1.807) is 0 Å². The molecule has 0 unspecified atom stereocenters. The Bertz CT molecular complexity index is 479. The number of rotatable bonds is 0. The van der Waals surface area contributed by atoms with Crippen molar-refractivity contribution < 1.29 is 9.47 Å². The molecule has 4 aliphatic heterocycles. The lowest BCUT2D eigenvalue weighted by Gasteiger charge is -2.24. The highest BCUT2D eigenvalue weighted by Gasteiger charge is 2.47. The molecule has 4 heterocycles. The van der Waals surface area contributed by atoms with Gasteiger partial charge in [-0.25, -0.2) is 0 Å². The van der Waals surface area contributed by atoms with Crippen LogP contribution in [0, 0.1) is 13.8 Å². The molecule has 0 N–H and O–H groups in total. The van der Waals surface area contributed by atoms with E-state index < -0.39 is 0 Å². The summed E-state index contributed by atoms with van der Waals surface area (Å²) >= 11 is 0. The van der Waals surface area contributed by atoms with Gasteiger partial charge in [-0.2, -0.15) is 0 Å². The van der Waals surface area contributed by atoms with E-state index in [2.05, 4.69) is 13.8 Å². The van der Waals surface area contributed by atoms with E-state index in [9.17, 15) is 0 Å². The summed E-state index contributed by atoms with van der Waals surface area (Å²) in [4.78, 5) is 0. The molecule has 2 nitrogen and oxygen atoms in total. The maximum atomic E-state index is 6.13. The maximum Gasteiger partial charge on any atom is 0.0840 e. The Morgan fingerprint density at radius 1 is 0.611 bits per heavy atom. The lowest BCUT2D eigenvalue weighted by atomic mass is 9.76. The van der Waals surface area contributed by atoms with Gasteiger partial charge in [0.1, 0.15) is 0 Å². The fourth-order valence-corrected chi connectivity index (χ4v) is 4.88. The third kappa shape index (κ3) is 0.927. The minimum absolute atomic E-state index is 0.383. The molecule has 1 aromatic carbocycles. The van der Waals surface area contributed by atoms with Crippen molar-refractivity contribution in [2.45, 2.75) is 63.9 Å². The molecule has 18 heavy (non-hydrogen) atoms. The Balaban J connectivity index is 1.87. The van der Waals surface area contributed by atoms with E-state index in [0.717, 1.165) is 0 Å². The molecule has 2 saturated heterocycles. The molecule has 0 amide bonds. The Morgan fingerprint density at radius 2 is 0.889 bits per heavy atom. The number of fused-ring (bicyclic) bond motifs is 10. The summed E-state index contributed by atoms with van der Waals surface area (Å²) in [6, 6.07) is 0. The molecular weight excluding hydrogens is 224 g/mol. The molecule has 2 heteroatoms. The summed E-state index contributed by atoms with van der Waals surface area (Å²) < 4.78 is 12.3. The number of hydrogen-bond donors (Lipinski definition) is 0. The summed E-state index contributed by atoms with van der Waals surface area (Å²) in [7, 11) is 0. The van der Waals surface area contributed by atoms with Crippen molar-refractivity contribution in [2.75, 3.05) is 0 Å². The molecule has 5 rings (SSSR count). The molecule has 4 aliphatic rings. The molecule has 0 radical (unpaired) electrons. The fraction of sp³-hybridized carbons (Fsp3) is 0.625. The van der Waals surface area contributed by atoms with Crippen LogP contribution < -0.4 is 0 Å². The van der Waals surface area contributed by atoms with Crippen LogP contribution in [0.3, 0.4) is 0 Å². The van der Waals surface area contributed by atoms with Gasteiger partial charge >= 0.3 is 0 Å². The van der Waals surface area contributed by atoms with Gasteiger partial charge in [0, 0.05) is 0 Å². The van der Waals surface area contributed by atoms with Crippen LogP contribution in [-0.2, 0) is 9.47 Å². The van der Waals surface area contributed by atoms with Crippen molar-refractivity contribution in [1.82, 2.24) is 0 Å². The fourth-order valence-electron chi connectivity index (χ4n) is 4.88. The van der Waals surface area contributed by atoms with Crippen molar-refractivity contribution in [1.29, 1.82) is 0 Å². The second-order valence-electron chi connectivity index (χ2n) is 6.29. The van der Waals surface area contributed by atoms with Gasteiger partial charge < -0.3 is 9.47 Å². The van der Waals surface area contributed by atoms with Gasteiger partial charge in [-0.1, -0.05) is 0 Å². The Kier molecular flexibility index (Phi) is 1.66. The highest BCUT2D eigenvalue weighted by atomic mass is 16.5. The largest absolute Gasteiger partial charge is 0.366 e. The summed E-state index contributed by atoms with van der Waals surface area (Å²) in [5.74, 6) is 0. The van der Waals surface area contributed by atoms with Crippen LogP contribution in [0.2, 0.25) is 0 Å². The van der Waals surface area contributed by atoms with Crippen LogP contribution in [0.5, 0.6) is 0 Å². The van der Waals surface area contributed by atoms with E-state index in [1.807, 2.05) is 0 Å². The van der Waals surface area contributed by atoms with Gasteiger partial charge in [-0.15, -0.1) is 0 Å². The summed E-state index contributed by atoms with van der Waals surface area (Å²) in [6.45, 7) is 4.59. The molecule has 2 fully saturated rings. The second kappa shape index (κ2) is 3.00. The molecule has 4 atom stereocenters. The van der Waals surface area contributed by atoms with E-state index in [1.165, 1.54) is 59.1 Å². The SMILES string of the molecule is Cc1c2c(c(C)c3c1[C@@H]1CC[C@H]3O1)[C@@H]1CC[C@@H]2O1. The topological polar surface area (TPSA) is 18.5 Å². The van der Waals surface area contributed by atoms with Gasteiger partial charge in [-0.3, -0.25) is 0 Å². The van der Waals surface area contributed by atoms with Gasteiger partial charge in [0.25, 0.3) is 0 Å². The summed E-state index contributed by atoms with van der Waals surface area (Å²) in [5.41, 5.74) is 9.09. The first-order chi connectivity index (χ1) is 8.75. The van der Waals surface area contributed by atoms with Crippen molar-refractivity contribution in [3.05, 3.63) is 33.4 Å². The quantitative estimate of drug-likeness (QED) is 0.681. The molecule has 0 aliphatic carbocycles. The summed E-state index contributed by atoms with van der Waals surface area (Å²) in [5, 5.41) is 0. The van der Waals surface area contributed by atoms with E-state index >= 15 is 0 Å². The number of ether oxygens (including phenoxy) is 2. The van der Waals surface area contributed by atoms with Crippen LogP contribution >= 0.6 is 0 Å². The first-order valence-electron chi connectivity index (χ1n) is 7.23. The zero-order valence-electron chi connectivity index (χ0n) is 11.0. The van der Waals surface area contributed by atoms with Crippen molar-refractivity contribution in [2.24, 2.45) is 0 Å². The molecule has 1 aromatic rings. The first-order valence-corrected chi connectivity index (χ1v) is 7.23. The van der Waals surface area contributed by atoms with Crippen molar-refractivity contribution in [3.63, 3.8) is 0 Å². The molecule has 0 aromatic heterocycles. The Hall–Kier alpha value is -0.860. The second-order valence-corrected chi connectivity index (χ2v) is 6.29. The standard InChI is InChI=1S/C16H18O2/c1-7-13-9-3-5-11(17-9)15(13)8(2)16-12-6-4-10(18-12)14(7)16/h9-12H,3-6H2,1-2H3/t9-,10-,11-,12+/m0/s1. The van der Waals surface area contributed by atoms with Crippen molar-refractivity contribution >= 4 is 0 Å². The minimum atomic E-state index is 0.383. The highest BCUT2D eigenvalue weighted by molar-refractivity contribution is 5.58. The Morgan fingerprint density at radius 3 is 1.17 bits per heavy atom. The highest BCUT2D eigenvalue weighted by Crippen LogP contribution is 2.60. The van der Waals surface area contributed by atoms with Gasteiger partial charge in [0.2, 0.25) is 0 Å². The van der Waals surface area contributed by atoms with E-state index in [4.69, 9.17) is 9.47 Å². The van der Waals surface area contributed by atoms with Crippen LogP contribution in [0.1, 0.15) is 83.5 Å². The third-order valence-corrected chi connectivity index (χ3v) is 5.52. The smallest absolute Gasteiger partial charge is 0.0840 e. The molecular formula is C16H18O2. The molecule has 4 bridgehead atoms. The van der Waals surface area contributed by atoms with Crippen LogP contribution in [0.15, 0.2) is 0 Å². The predicted molar refractivity (Wildman–Crippen MR) is 67.5 cm³/mol. The van der Waals surface area contributed by atoms with Crippen LogP contribution in [-0.4, -0.2) is 0 Å². The van der Waals surface area contributed by atoms with Gasteiger partial charge in [0.05, 0.1) is 24.4 Å². The maximum absolute atomic E-state index is 6.13. The molecule has 0 spiro atoms. The van der Waals surface area contributed by atoms with Crippen LogP contribution in [0.4, 0.5) is 0 Å². The molecule has 0 saturated carbocycles. The van der Waals surface area contributed by atoms with Crippen molar-refractivity contribution in [3.8, 4) is 0 Å². The monoisotopic (exact) mass is 242 g/mol. The zero-order chi connectivity index (χ0) is 12.0. The van der Waals surface area contributed by atoms with Gasteiger partial charge in [0.15, 0.2) is 0 Å². The predicted octanol–water partition coefficient (Wildman–Crippen LogP) is 4.12. The number of benzene rings is 1. The lowest BCUT2D eigenvalue weighted by molar-refractivity contribution is 0.0671.